The molecule has 0 saturated heterocycles. The second-order valence-corrected chi connectivity index (χ2v) is 8.21. The Hall–Kier alpha value is -2.53. The SMILES string of the molecule is CC(C)(C)N1CSC=C1c1nc2cccc(-c3ccccc3)c2c(=O)[nH]1. The minimum absolute atomic E-state index is 0.0330. The molecule has 2 aromatic carbocycles. The van der Waals surface area contributed by atoms with Gasteiger partial charge in [0.05, 0.1) is 22.5 Å². The molecule has 0 amide bonds. The van der Waals surface area contributed by atoms with Crippen molar-refractivity contribution in [2.24, 2.45) is 0 Å². The van der Waals surface area contributed by atoms with Crippen molar-refractivity contribution in [3.63, 3.8) is 0 Å². The van der Waals surface area contributed by atoms with Gasteiger partial charge in [0.25, 0.3) is 5.56 Å². The van der Waals surface area contributed by atoms with E-state index in [2.05, 4.69) is 36.1 Å². The fourth-order valence-corrected chi connectivity index (χ4v) is 4.38. The molecule has 132 valence electrons. The molecule has 0 bridgehead atoms. The number of nitrogens with one attached hydrogen (secondary N) is 1. The highest BCUT2D eigenvalue weighted by Crippen LogP contribution is 2.35. The van der Waals surface area contributed by atoms with Gasteiger partial charge in [-0.1, -0.05) is 42.5 Å². The van der Waals surface area contributed by atoms with Crippen molar-refractivity contribution in [3.05, 3.63) is 70.1 Å². The molecule has 26 heavy (non-hydrogen) atoms. The molecule has 0 atom stereocenters. The Bertz CT molecular complexity index is 1050. The van der Waals surface area contributed by atoms with Gasteiger partial charge in [-0.15, -0.1) is 11.8 Å². The zero-order valence-electron chi connectivity index (χ0n) is 15.1. The van der Waals surface area contributed by atoms with Gasteiger partial charge in [0.2, 0.25) is 0 Å². The first kappa shape index (κ1) is 16.9. The Morgan fingerprint density at radius 2 is 1.85 bits per heavy atom. The van der Waals surface area contributed by atoms with Crippen LogP contribution in [0.1, 0.15) is 26.6 Å². The summed E-state index contributed by atoms with van der Waals surface area (Å²) in [6.07, 6.45) is 0. The maximum absolute atomic E-state index is 13.0. The number of aromatic nitrogens is 2. The quantitative estimate of drug-likeness (QED) is 0.717. The van der Waals surface area contributed by atoms with Crippen molar-refractivity contribution < 1.29 is 0 Å². The van der Waals surface area contributed by atoms with Crippen LogP contribution in [-0.2, 0) is 0 Å². The number of aromatic amines is 1. The zero-order chi connectivity index (χ0) is 18.3. The van der Waals surface area contributed by atoms with E-state index in [0.29, 0.717) is 11.2 Å². The molecule has 1 aliphatic heterocycles. The van der Waals surface area contributed by atoms with Crippen LogP contribution in [0, 0.1) is 0 Å². The summed E-state index contributed by atoms with van der Waals surface area (Å²) in [7, 11) is 0. The molecular weight excluding hydrogens is 342 g/mol. The molecule has 0 saturated carbocycles. The topological polar surface area (TPSA) is 49.0 Å². The molecule has 1 N–H and O–H groups in total. The molecule has 1 aliphatic rings. The molecule has 4 nitrogen and oxygen atoms in total. The minimum atomic E-state index is -0.101. The van der Waals surface area contributed by atoms with Gasteiger partial charge in [0.15, 0.2) is 5.82 Å². The first-order valence-electron chi connectivity index (χ1n) is 8.63. The van der Waals surface area contributed by atoms with Crippen LogP contribution in [0.4, 0.5) is 0 Å². The van der Waals surface area contributed by atoms with Crippen LogP contribution in [0.2, 0.25) is 0 Å². The van der Waals surface area contributed by atoms with Crippen LogP contribution in [0.3, 0.4) is 0 Å². The number of H-pyrrole nitrogens is 1. The van der Waals surface area contributed by atoms with Crippen LogP contribution in [-0.4, -0.2) is 26.3 Å². The molecule has 0 spiro atoms. The van der Waals surface area contributed by atoms with Crippen molar-refractivity contribution in [1.82, 2.24) is 14.9 Å². The predicted octanol–water partition coefficient (Wildman–Crippen LogP) is 4.69. The molecular formula is C21H21N3OS. The largest absolute Gasteiger partial charge is 0.354 e. The van der Waals surface area contributed by atoms with Gasteiger partial charge in [-0.05, 0) is 43.4 Å². The normalized spacial score (nSPS) is 14.7. The summed E-state index contributed by atoms with van der Waals surface area (Å²) in [5.41, 5.74) is 3.49. The van der Waals surface area contributed by atoms with Gasteiger partial charge < -0.3 is 9.88 Å². The number of rotatable bonds is 2. The molecule has 0 unspecified atom stereocenters. The minimum Gasteiger partial charge on any atom is -0.354 e. The van der Waals surface area contributed by atoms with E-state index in [1.165, 1.54) is 0 Å². The highest BCUT2D eigenvalue weighted by atomic mass is 32.2. The molecule has 0 fully saturated rings. The first-order chi connectivity index (χ1) is 12.4. The summed E-state index contributed by atoms with van der Waals surface area (Å²) in [5.74, 6) is 1.50. The molecule has 1 aromatic heterocycles. The van der Waals surface area contributed by atoms with Crippen LogP contribution in [0.15, 0.2) is 58.7 Å². The van der Waals surface area contributed by atoms with Gasteiger partial charge in [0, 0.05) is 5.54 Å². The number of hydrogen-bond donors (Lipinski definition) is 1. The van der Waals surface area contributed by atoms with E-state index in [9.17, 15) is 4.79 Å². The van der Waals surface area contributed by atoms with Gasteiger partial charge in [-0.2, -0.15) is 0 Å². The fraction of sp³-hybridized carbons (Fsp3) is 0.238. The summed E-state index contributed by atoms with van der Waals surface area (Å²) in [6, 6.07) is 15.8. The number of hydrogen-bond acceptors (Lipinski definition) is 4. The van der Waals surface area contributed by atoms with Crippen molar-refractivity contribution in [1.29, 1.82) is 0 Å². The standard InChI is InChI=1S/C21H21N3OS/c1-21(2,3)24-13-26-12-17(24)19-22-16-11-7-10-15(18(16)20(25)23-19)14-8-5-4-6-9-14/h4-12H,13H2,1-3H3,(H,22,23,25). The third kappa shape index (κ3) is 2.92. The summed E-state index contributed by atoms with van der Waals surface area (Å²) in [6.45, 7) is 6.50. The van der Waals surface area contributed by atoms with Gasteiger partial charge >= 0.3 is 0 Å². The summed E-state index contributed by atoms with van der Waals surface area (Å²) >= 11 is 1.73. The van der Waals surface area contributed by atoms with E-state index in [1.54, 1.807) is 11.8 Å². The molecule has 0 radical (unpaired) electrons. The van der Waals surface area contributed by atoms with E-state index in [0.717, 1.165) is 28.2 Å². The highest BCUT2D eigenvalue weighted by Gasteiger charge is 2.29. The average Bonchev–Trinajstić information content (AvgIpc) is 3.12. The zero-order valence-corrected chi connectivity index (χ0v) is 15.9. The van der Waals surface area contributed by atoms with E-state index >= 15 is 0 Å². The molecule has 5 heteroatoms. The van der Waals surface area contributed by atoms with Crippen molar-refractivity contribution in [2.45, 2.75) is 26.3 Å². The van der Waals surface area contributed by atoms with Crippen LogP contribution < -0.4 is 5.56 Å². The maximum Gasteiger partial charge on any atom is 0.259 e. The molecule has 0 aliphatic carbocycles. The second kappa shape index (κ2) is 6.32. The third-order valence-corrected chi connectivity index (χ3v) is 5.36. The Kier molecular flexibility index (Phi) is 4.11. The predicted molar refractivity (Wildman–Crippen MR) is 110 cm³/mol. The van der Waals surface area contributed by atoms with E-state index < -0.39 is 0 Å². The lowest BCUT2D eigenvalue weighted by molar-refractivity contribution is 0.258. The monoisotopic (exact) mass is 363 g/mol. The fourth-order valence-electron chi connectivity index (χ4n) is 3.23. The third-order valence-electron chi connectivity index (χ3n) is 4.56. The van der Waals surface area contributed by atoms with Crippen molar-refractivity contribution in [2.75, 3.05) is 5.88 Å². The highest BCUT2D eigenvalue weighted by molar-refractivity contribution is 8.02. The number of benzene rings is 2. The van der Waals surface area contributed by atoms with Crippen LogP contribution >= 0.6 is 11.8 Å². The maximum atomic E-state index is 13.0. The molecule has 4 rings (SSSR count). The average molecular weight is 363 g/mol. The smallest absolute Gasteiger partial charge is 0.259 e. The Balaban J connectivity index is 1.88. The van der Waals surface area contributed by atoms with Crippen LogP contribution in [0.5, 0.6) is 0 Å². The molecule has 3 aromatic rings. The van der Waals surface area contributed by atoms with Gasteiger partial charge in [-0.25, -0.2) is 4.98 Å². The second-order valence-electron chi connectivity index (χ2n) is 7.38. The van der Waals surface area contributed by atoms with Crippen LogP contribution in [0.25, 0.3) is 27.7 Å². The lowest BCUT2D eigenvalue weighted by Gasteiger charge is -2.35. The van der Waals surface area contributed by atoms with E-state index in [4.69, 9.17) is 4.98 Å². The first-order valence-corrected chi connectivity index (χ1v) is 9.68. The lowest BCUT2D eigenvalue weighted by Crippen LogP contribution is -2.38. The number of fused-ring (bicyclic) bond motifs is 1. The summed E-state index contributed by atoms with van der Waals surface area (Å²) < 4.78 is 0. The Labute approximate surface area is 157 Å². The Morgan fingerprint density at radius 1 is 1.08 bits per heavy atom. The Morgan fingerprint density at radius 3 is 2.58 bits per heavy atom. The van der Waals surface area contributed by atoms with E-state index in [1.807, 2.05) is 48.5 Å². The van der Waals surface area contributed by atoms with Crippen molar-refractivity contribution in [3.8, 4) is 11.1 Å². The van der Waals surface area contributed by atoms with Gasteiger partial charge in [-0.3, -0.25) is 4.79 Å². The lowest BCUT2D eigenvalue weighted by atomic mass is 10.0. The summed E-state index contributed by atoms with van der Waals surface area (Å²) in [4.78, 5) is 23.0. The van der Waals surface area contributed by atoms with E-state index in [-0.39, 0.29) is 11.1 Å². The summed E-state index contributed by atoms with van der Waals surface area (Å²) in [5, 5.41) is 2.71. The number of nitrogens with zero attached hydrogens (tertiary/aromatic N) is 2. The number of thioether (sulfide) groups is 1. The molecule has 2 heterocycles. The van der Waals surface area contributed by atoms with Gasteiger partial charge in [0.1, 0.15) is 0 Å². The van der Waals surface area contributed by atoms with Crippen molar-refractivity contribution >= 4 is 28.4 Å².